The van der Waals surface area contributed by atoms with Crippen molar-refractivity contribution in [3.05, 3.63) is 22.9 Å². The first-order valence-corrected chi connectivity index (χ1v) is 3.99. The molecule has 0 spiro atoms. The van der Waals surface area contributed by atoms with E-state index in [1.54, 1.807) is 18.2 Å². The zero-order valence-electron chi connectivity index (χ0n) is 8.07. The van der Waals surface area contributed by atoms with Crippen molar-refractivity contribution in [1.29, 1.82) is 15.8 Å². The minimum atomic E-state index is -0.224. The number of rotatable bonds is 2. The van der Waals surface area contributed by atoms with Gasteiger partial charge in [-0.15, -0.1) is 0 Å². The summed E-state index contributed by atoms with van der Waals surface area (Å²) in [6.07, 6.45) is 1.62. The van der Waals surface area contributed by atoms with Crippen molar-refractivity contribution >= 4 is 0 Å². The highest BCUT2D eigenvalue weighted by molar-refractivity contribution is 5.52. The molecule has 0 fully saturated rings. The summed E-state index contributed by atoms with van der Waals surface area (Å²) in [5.41, 5.74) is 5.39. The number of allylic oxidation sites excluding steroid dienone is 3. The van der Waals surface area contributed by atoms with Crippen molar-refractivity contribution in [3.63, 3.8) is 0 Å². The standard InChI is InChI=1S/C10H10N4/c1-7(2)3-8(4-11)10(14)9(5-12)6-13/h3,7H,14H2,1-2H3/b8-3+. The summed E-state index contributed by atoms with van der Waals surface area (Å²) < 4.78 is 0. The summed E-state index contributed by atoms with van der Waals surface area (Å²) in [5, 5.41) is 25.8. The van der Waals surface area contributed by atoms with Crippen LogP contribution < -0.4 is 5.73 Å². The van der Waals surface area contributed by atoms with E-state index in [0.29, 0.717) is 0 Å². The highest BCUT2D eigenvalue weighted by atomic mass is 14.6. The van der Waals surface area contributed by atoms with E-state index in [9.17, 15) is 0 Å². The third kappa shape index (κ3) is 3.01. The molecule has 4 nitrogen and oxygen atoms in total. The summed E-state index contributed by atoms with van der Waals surface area (Å²) in [5.74, 6) is 0.141. The predicted octanol–water partition coefficient (Wildman–Crippen LogP) is 1.35. The molecule has 0 atom stereocenters. The summed E-state index contributed by atoms with van der Waals surface area (Å²) in [6.45, 7) is 3.76. The summed E-state index contributed by atoms with van der Waals surface area (Å²) >= 11 is 0. The molecule has 0 bridgehead atoms. The average Bonchev–Trinajstić information content (AvgIpc) is 2.15. The molecule has 0 saturated carbocycles. The van der Waals surface area contributed by atoms with E-state index >= 15 is 0 Å². The van der Waals surface area contributed by atoms with Crippen molar-refractivity contribution in [2.45, 2.75) is 13.8 Å². The molecule has 0 aliphatic carbocycles. The summed E-state index contributed by atoms with van der Waals surface area (Å²) in [4.78, 5) is 0. The maximum absolute atomic E-state index is 8.73. The number of nitrogens with zero attached hydrogens (tertiary/aromatic N) is 3. The molecule has 0 saturated heterocycles. The van der Waals surface area contributed by atoms with Crippen LogP contribution in [0.1, 0.15) is 13.8 Å². The Morgan fingerprint density at radius 3 is 1.93 bits per heavy atom. The molecule has 14 heavy (non-hydrogen) atoms. The molecule has 0 amide bonds. The van der Waals surface area contributed by atoms with Gasteiger partial charge >= 0.3 is 0 Å². The molecule has 0 aromatic rings. The normalized spacial score (nSPS) is 9.86. The fraction of sp³-hybridized carbons (Fsp3) is 0.300. The molecule has 0 rings (SSSR count). The van der Waals surface area contributed by atoms with E-state index in [4.69, 9.17) is 21.5 Å². The smallest absolute Gasteiger partial charge is 0.153 e. The Morgan fingerprint density at radius 2 is 1.64 bits per heavy atom. The van der Waals surface area contributed by atoms with Gasteiger partial charge in [-0.25, -0.2) is 0 Å². The van der Waals surface area contributed by atoms with Crippen LogP contribution in [0.4, 0.5) is 0 Å². The fourth-order valence-electron chi connectivity index (χ4n) is 0.801. The van der Waals surface area contributed by atoms with Crippen LogP contribution in [-0.4, -0.2) is 0 Å². The molecule has 0 heterocycles. The lowest BCUT2D eigenvalue weighted by atomic mass is 10.1. The van der Waals surface area contributed by atoms with Gasteiger partial charge in [-0.2, -0.15) is 15.8 Å². The van der Waals surface area contributed by atoms with Gasteiger partial charge in [-0.05, 0) is 5.92 Å². The number of nitrogens with two attached hydrogens (primary N) is 1. The zero-order valence-corrected chi connectivity index (χ0v) is 8.07. The second-order valence-corrected chi connectivity index (χ2v) is 2.95. The average molecular weight is 186 g/mol. The molecule has 70 valence electrons. The topological polar surface area (TPSA) is 97.4 Å². The predicted molar refractivity (Wildman–Crippen MR) is 51.0 cm³/mol. The number of hydrogen-bond donors (Lipinski definition) is 1. The van der Waals surface area contributed by atoms with Crippen LogP contribution in [0.5, 0.6) is 0 Å². The second kappa shape index (κ2) is 5.41. The van der Waals surface area contributed by atoms with Crippen LogP contribution in [0.15, 0.2) is 22.9 Å². The number of nitriles is 3. The van der Waals surface area contributed by atoms with Gasteiger partial charge in [0.15, 0.2) is 5.57 Å². The molecule has 0 aromatic carbocycles. The molecule has 0 aliphatic rings. The molecule has 0 aliphatic heterocycles. The third-order valence-corrected chi connectivity index (χ3v) is 1.40. The lowest BCUT2D eigenvalue weighted by Crippen LogP contribution is -2.04. The largest absolute Gasteiger partial charge is 0.396 e. The van der Waals surface area contributed by atoms with Gasteiger partial charge in [0.05, 0.1) is 11.3 Å². The molecule has 0 radical (unpaired) electrons. The third-order valence-electron chi connectivity index (χ3n) is 1.40. The van der Waals surface area contributed by atoms with Crippen molar-refractivity contribution < 1.29 is 0 Å². The van der Waals surface area contributed by atoms with E-state index in [2.05, 4.69) is 0 Å². The quantitative estimate of drug-likeness (QED) is 0.519. The Morgan fingerprint density at radius 1 is 1.14 bits per heavy atom. The first kappa shape index (κ1) is 11.8. The summed E-state index contributed by atoms with van der Waals surface area (Å²) in [7, 11) is 0. The van der Waals surface area contributed by atoms with Crippen LogP contribution in [0.25, 0.3) is 0 Å². The van der Waals surface area contributed by atoms with Crippen molar-refractivity contribution in [3.8, 4) is 18.2 Å². The highest BCUT2D eigenvalue weighted by Crippen LogP contribution is 2.11. The molecule has 4 heteroatoms. The van der Waals surface area contributed by atoms with Gasteiger partial charge in [0.2, 0.25) is 0 Å². The van der Waals surface area contributed by atoms with E-state index in [-0.39, 0.29) is 22.8 Å². The Bertz CT molecular complexity index is 377. The lowest BCUT2D eigenvalue weighted by Gasteiger charge is -2.00. The highest BCUT2D eigenvalue weighted by Gasteiger charge is 2.07. The van der Waals surface area contributed by atoms with Gasteiger partial charge < -0.3 is 5.73 Å². The lowest BCUT2D eigenvalue weighted by molar-refractivity contribution is 0.826. The molecular formula is C10H10N4. The van der Waals surface area contributed by atoms with Crippen LogP contribution >= 0.6 is 0 Å². The van der Waals surface area contributed by atoms with Crippen molar-refractivity contribution in [2.24, 2.45) is 11.7 Å². The number of hydrogen-bond acceptors (Lipinski definition) is 4. The Hall–Kier alpha value is -2.25. The van der Waals surface area contributed by atoms with Crippen LogP contribution in [0.3, 0.4) is 0 Å². The van der Waals surface area contributed by atoms with Gasteiger partial charge in [-0.1, -0.05) is 19.9 Å². The van der Waals surface area contributed by atoms with Gasteiger partial charge in [-0.3, -0.25) is 0 Å². The zero-order chi connectivity index (χ0) is 11.1. The van der Waals surface area contributed by atoms with E-state index in [1.165, 1.54) is 0 Å². The summed E-state index contributed by atoms with van der Waals surface area (Å²) in [6, 6.07) is 5.14. The van der Waals surface area contributed by atoms with E-state index < -0.39 is 0 Å². The van der Waals surface area contributed by atoms with Gasteiger partial charge in [0, 0.05) is 0 Å². The van der Waals surface area contributed by atoms with Crippen molar-refractivity contribution in [1.82, 2.24) is 0 Å². The minimum absolute atomic E-state index is 0.0498. The fourth-order valence-corrected chi connectivity index (χ4v) is 0.801. The SMILES string of the molecule is CC(C)/C=C(\C#N)C(N)=C(C#N)C#N. The van der Waals surface area contributed by atoms with Crippen molar-refractivity contribution in [2.75, 3.05) is 0 Å². The van der Waals surface area contributed by atoms with Crippen LogP contribution in [-0.2, 0) is 0 Å². The second-order valence-electron chi connectivity index (χ2n) is 2.95. The minimum Gasteiger partial charge on any atom is -0.396 e. The van der Waals surface area contributed by atoms with Gasteiger partial charge in [0.25, 0.3) is 0 Å². The molecule has 0 unspecified atom stereocenters. The molecule has 2 N–H and O–H groups in total. The maximum atomic E-state index is 8.73. The Kier molecular flexibility index (Phi) is 4.54. The first-order valence-electron chi connectivity index (χ1n) is 3.99. The van der Waals surface area contributed by atoms with Crippen LogP contribution in [0.2, 0.25) is 0 Å². The Balaban J connectivity index is 5.34. The van der Waals surface area contributed by atoms with Gasteiger partial charge in [0.1, 0.15) is 18.2 Å². The Labute approximate surface area is 83.2 Å². The van der Waals surface area contributed by atoms with E-state index in [0.717, 1.165) is 0 Å². The maximum Gasteiger partial charge on any atom is 0.153 e. The molecule has 0 aromatic heterocycles. The first-order chi connectivity index (χ1) is 6.56. The van der Waals surface area contributed by atoms with Crippen LogP contribution in [0, 0.1) is 39.9 Å². The molecular weight excluding hydrogens is 176 g/mol. The monoisotopic (exact) mass is 186 g/mol. The van der Waals surface area contributed by atoms with E-state index in [1.807, 2.05) is 19.9 Å².